The number of nitrogens with one attached hydrogen (secondary N) is 2. The predicted molar refractivity (Wildman–Crippen MR) is 142 cm³/mol. The normalized spacial score (nSPS) is 10.7. The summed E-state index contributed by atoms with van der Waals surface area (Å²) < 4.78 is 6.49. The largest absolute Gasteiger partial charge is 0.466 e. The van der Waals surface area contributed by atoms with E-state index in [1.165, 1.54) is 22.2 Å². The maximum atomic E-state index is 12.6. The van der Waals surface area contributed by atoms with E-state index >= 15 is 0 Å². The lowest BCUT2D eigenvalue weighted by atomic mass is 10.1. The van der Waals surface area contributed by atoms with E-state index in [9.17, 15) is 14.4 Å². The van der Waals surface area contributed by atoms with Crippen LogP contribution < -0.4 is 16.2 Å². The number of anilines is 2. The number of rotatable bonds is 8. The summed E-state index contributed by atoms with van der Waals surface area (Å²) in [6.45, 7) is 4.03. The lowest BCUT2D eigenvalue weighted by molar-refractivity contribution is -0.142. The van der Waals surface area contributed by atoms with Crippen LogP contribution >= 0.6 is 11.8 Å². The number of esters is 1. The SMILES string of the molecule is CCOC(=O)Cc1ccc(NC(=O)Nc2ccccc2SCc2cc(=O)n3cccc(C)c3n2)cc1. The number of ether oxygens (including phenoxy) is 1. The Morgan fingerprint density at radius 1 is 1.03 bits per heavy atom. The molecule has 0 aliphatic heterocycles. The molecule has 0 radical (unpaired) electrons. The number of para-hydroxylation sites is 1. The van der Waals surface area contributed by atoms with Gasteiger partial charge in [-0.1, -0.05) is 30.3 Å². The minimum Gasteiger partial charge on any atom is -0.466 e. The number of amides is 2. The van der Waals surface area contributed by atoms with Crippen LogP contribution in [0.2, 0.25) is 0 Å². The number of aromatic nitrogens is 2. The summed E-state index contributed by atoms with van der Waals surface area (Å²) in [5, 5.41) is 5.68. The van der Waals surface area contributed by atoms with Crippen molar-refractivity contribution < 1.29 is 14.3 Å². The summed E-state index contributed by atoms with van der Waals surface area (Å²) in [5.74, 6) is 0.187. The second-order valence-corrected chi connectivity index (χ2v) is 9.03. The Morgan fingerprint density at radius 2 is 1.81 bits per heavy atom. The molecule has 0 fully saturated rings. The molecule has 0 aliphatic carbocycles. The molecule has 2 N–H and O–H groups in total. The number of benzene rings is 2. The molecule has 0 spiro atoms. The lowest BCUT2D eigenvalue weighted by Gasteiger charge is -2.12. The highest BCUT2D eigenvalue weighted by Crippen LogP contribution is 2.29. The predicted octanol–water partition coefficient (Wildman–Crippen LogP) is 5.04. The number of fused-ring (bicyclic) bond motifs is 1. The molecular formula is C27H26N4O4S. The van der Waals surface area contributed by atoms with Gasteiger partial charge in [0, 0.05) is 28.6 Å². The molecule has 184 valence electrons. The number of urea groups is 1. The molecular weight excluding hydrogens is 476 g/mol. The average molecular weight is 503 g/mol. The van der Waals surface area contributed by atoms with E-state index in [4.69, 9.17) is 4.74 Å². The Hall–Kier alpha value is -4.11. The molecule has 36 heavy (non-hydrogen) atoms. The van der Waals surface area contributed by atoms with E-state index in [2.05, 4.69) is 15.6 Å². The minimum absolute atomic E-state index is 0.127. The maximum absolute atomic E-state index is 12.6. The standard InChI is InChI=1S/C27H26N4O4S/c1-3-35-25(33)15-19-10-12-20(13-11-19)29-27(34)30-22-8-4-5-9-23(22)36-17-21-16-24(32)31-14-6-7-18(2)26(31)28-21/h4-14,16H,3,15,17H2,1-2H3,(H2,29,30,34). The van der Waals surface area contributed by atoms with Gasteiger partial charge in [-0.3, -0.25) is 14.0 Å². The summed E-state index contributed by atoms with van der Waals surface area (Å²) in [5.41, 5.74) is 4.15. The fraction of sp³-hybridized carbons (Fsp3) is 0.185. The summed E-state index contributed by atoms with van der Waals surface area (Å²) >= 11 is 1.49. The number of aryl methyl sites for hydroxylation is 1. The van der Waals surface area contributed by atoms with Gasteiger partial charge < -0.3 is 15.4 Å². The topological polar surface area (TPSA) is 102 Å². The van der Waals surface area contributed by atoms with Crippen LogP contribution in [0.25, 0.3) is 5.65 Å². The van der Waals surface area contributed by atoms with Crippen LogP contribution in [0.4, 0.5) is 16.2 Å². The Balaban J connectivity index is 1.40. The number of carbonyl (C=O) groups excluding carboxylic acids is 2. The third-order valence-corrected chi connectivity index (χ3v) is 6.42. The number of pyridine rings is 1. The first-order valence-corrected chi connectivity index (χ1v) is 12.4. The molecule has 0 unspecified atom stereocenters. The van der Waals surface area contributed by atoms with Crippen LogP contribution in [-0.2, 0) is 21.7 Å². The first-order chi connectivity index (χ1) is 17.4. The average Bonchev–Trinajstić information content (AvgIpc) is 2.85. The molecule has 4 aromatic rings. The zero-order valence-corrected chi connectivity index (χ0v) is 20.8. The second-order valence-electron chi connectivity index (χ2n) is 8.01. The highest BCUT2D eigenvalue weighted by Gasteiger charge is 2.10. The third-order valence-electron chi connectivity index (χ3n) is 5.32. The molecule has 9 heteroatoms. The second kappa shape index (κ2) is 11.5. The van der Waals surface area contributed by atoms with E-state index in [1.807, 2.05) is 43.3 Å². The Kier molecular flexibility index (Phi) is 8.02. The van der Waals surface area contributed by atoms with Crippen LogP contribution in [0.5, 0.6) is 0 Å². The van der Waals surface area contributed by atoms with Crippen molar-refractivity contribution in [1.29, 1.82) is 0 Å². The van der Waals surface area contributed by atoms with Gasteiger partial charge in [-0.15, -0.1) is 11.8 Å². The van der Waals surface area contributed by atoms with E-state index in [0.717, 1.165) is 16.0 Å². The molecule has 0 bridgehead atoms. The van der Waals surface area contributed by atoms with Crippen molar-refractivity contribution in [1.82, 2.24) is 9.38 Å². The van der Waals surface area contributed by atoms with Crippen molar-refractivity contribution in [2.24, 2.45) is 0 Å². The monoisotopic (exact) mass is 502 g/mol. The first kappa shape index (κ1) is 25.0. The number of nitrogens with zero attached hydrogens (tertiary/aromatic N) is 2. The molecule has 2 amide bonds. The molecule has 2 aromatic carbocycles. The molecule has 4 rings (SSSR count). The van der Waals surface area contributed by atoms with Gasteiger partial charge in [0.15, 0.2) is 0 Å². The zero-order valence-electron chi connectivity index (χ0n) is 20.0. The third kappa shape index (κ3) is 6.31. The Bertz CT molecular complexity index is 1450. The fourth-order valence-corrected chi connectivity index (χ4v) is 4.50. The van der Waals surface area contributed by atoms with Crippen molar-refractivity contribution in [2.75, 3.05) is 17.2 Å². The Morgan fingerprint density at radius 3 is 2.58 bits per heavy atom. The Labute approximate surface area is 212 Å². The quantitative estimate of drug-likeness (QED) is 0.258. The highest BCUT2D eigenvalue weighted by molar-refractivity contribution is 7.98. The van der Waals surface area contributed by atoms with Gasteiger partial charge in [-0.2, -0.15) is 0 Å². The number of hydrogen-bond acceptors (Lipinski definition) is 6. The molecule has 0 saturated heterocycles. The van der Waals surface area contributed by atoms with Gasteiger partial charge in [0.2, 0.25) is 0 Å². The summed E-state index contributed by atoms with van der Waals surface area (Å²) in [7, 11) is 0. The summed E-state index contributed by atoms with van der Waals surface area (Å²) in [6, 6.07) is 19.4. The van der Waals surface area contributed by atoms with Gasteiger partial charge in [0.05, 0.1) is 24.4 Å². The molecule has 8 nitrogen and oxygen atoms in total. The molecule has 2 heterocycles. The highest BCUT2D eigenvalue weighted by atomic mass is 32.2. The van der Waals surface area contributed by atoms with E-state index in [-0.39, 0.29) is 24.0 Å². The van der Waals surface area contributed by atoms with Gasteiger partial charge in [0.1, 0.15) is 5.65 Å². The number of carbonyl (C=O) groups is 2. The molecule has 2 aromatic heterocycles. The van der Waals surface area contributed by atoms with Crippen molar-refractivity contribution >= 4 is 40.8 Å². The van der Waals surface area contributed by atoms with Crippen molar-refractivity contribution in [2.45, 2.75) is 30.9 Å². The van der Waals surface area contributed by atoms with Crippen LogP contribution in [0.3, 0.4) is 0 Å². The summed E-state index contributed by atoms with van der Waals surface area (Å²) in [6.07, 6.45) is 1.89. The minimum atomic E-state index is -0.390. The van der Waals surface area contributed by atoms with Crippen LogP contribution in [0.15, 0.2) is 82.6 Å². The van der Waals surface area contributed by atoms with Gasteiger partial charge in [0.25, 0.3) is 5.56 Å². The van der Waals surface area contributed by atoms with E-state index in [1.54, 1.807) is 37.4 Å². The maximum Gasteiger partial charge on any atom is 0.323 e. The van der Waals surface area contributed by atoms with Gasteiger partial charge in [-0.05, 0) is 55.3 Å². The van der Waals surface area contributed by atoms with Crippen LogP contribution in [-0.4, -0.2) is 28.0 Å². The molecule has 0 saturated carbocycles. The van der Waals surface area contributed by atoms with Crippen molar-refractivity contribution in [3.63, 3.8) is 0 Å². The number of thioether (sulfide) groups is 1. The lowest BCUT2D eigenvalue weighted by Crippen LogP contribution is -2.19. The first-order valence-electron chi connectivity index (χ1n) is 11.4. The van der Waals surface area contributed by atoms with Gasteiger partial charge in [-0.25, -0.2) is 9.78 Å². The molecule has 0 aliphatic rings. The van der Waals surface area contributed by atoms with E-state index < -0.39 is 0 Å². The van der Waals surface area contributed by atoms with Gasteiger partial charge >= 0.3 is 12.0 Å². The number of hydrogen-bond donors (Lipinski definition) is 2. The van der Waals surface area contributed by atoms with Crippen LogP contribution in [0, 0.1) is 6.92 Å². The van der Waals surface area contributed by atoms with Crippen molar-refractivity contribution in [3.05, 3.63) is 100 Å². The summed E-state index contributed by atoms with van der Waals surface area (Å²) in [4.78, 5) is 42.2. The fourth-order valence-electron chi connectivity index (χ4n) is 3.60. The molecule has 0 atom stereocenters. The smallest absolute Gasteiger partial charge is 0.323 e. The van der Waals surface area contributed by atoms with E-state index in [0.29, 0.717) is 35.1 Å². The van der Waals surface area contributed by atoms with Crippen molar-refractivity contribution in [3.8, 4) is 0 Å². The zero-order chi connectivity index (χ0) is 25.5. The van der Waals surface area contributed by atoms with Crippen LogP contribution in [0.1, 0.15) is 23.7 Å².